The lowest BCUT2D eigenvalue weighted by molar-refractivity contribution is 0.0952. The molecule has 0 spiro atoms. The molecule has 3 rings (SSSR count). The first-order valence-electron chi connectivity index (χ1n) is 8.57. The number of aryl methyl sites for hydroxylation is 1. The number of aromatic nitrogens is 2. The molecule has 26 heavy (non-hydrogen) atoms. The van der Waals surface area contributed by atoms with Crippen molar-refractivity contribution >= 4 is 17.4 Å². The normalized spacial score (nSPS) is 14.2. The summed E-state index contributed by atoms with van der Waals surface area (Å²) in [4.78, 5) is 24.9. The Morgan fingerprint density at radius 2 is 1.92 bits per heavy atom. The van der Waals surface area contributed by atoms with Gasteiger partial charge >= 0.3 is 0 Å². The van der Waals surface area contributed by atoms with Crippen molar-refractivity contribution in [2.24, 2.45) is 0 Å². The number of hydrogen-bond acceptors (Lipinski definition) is 5. The third-order valence-electron chi connectivity index (χ3n) is 4.26. The molecule has 0 bridgehead atoms. The van der Waals surface area contributed by atoms with Crippen LogP contribution in [-0.2, 0) is 0 Å². The van der Waals surface area contributed by atoms with Crippen LogP contribution in [0.1, 0.15) is 16.3 Å². The Balaban J connectivity index is 1.71. The van der Waals surface area contributed by atoms with E-state index in [1.807, 2.05) is 11.0 Å². The lowest BCUT2D eigenvalue weighted by Crippen LogP contribution is -2.47. The average Bonchev–Trinajstić information content (AvgIpc) is 2.66. The predicted octanol–water partition coefficient (Wildman–Crippen LogP) is 2.17. The molecule has 1 aliphatic heterocycles. The maximum atomic E-state index is 14.0. The van der Waals surface area contributed by atoms with Crippen LogP contribution in [0.5, 0.6) is 0 Å². The molecule has 1 aliphatic rings. The minimum absolute atomic E-state index is 0.208. The maximum absolute atomic E-state index is 14.0. The summed E-state index contributed by atoms with van der Waals surface area (Å²) in [5.41, 5.74) is 0.960. The second-order valence-corrected chi connectivity index (χ2v) is 6.08. The number of halogens is 1. The van der Waals surface area contributed by atoms with Gasteiger partial charge in [0, 0.05) is 38.8 Å². The van der Waals surface area contributed by atoms with E-state index in [1.165, 1.54) is 6.07 Å². The Bertz CT molecular complexity index is 802. The van der Waals surface area contributed by atoms with Crippen molar-refractivity contribution in [1.82, 2.24) is 15.3 Å². The van der Waals surface area contributed by atoms with E-state index in [2.05, 4.69) is 26.8 Å². The molecule has 1 aromatic carbocycles. The zero-order chi connectivity index (χ0) is 18.5. The van der Waals surface area contributed by atoms with E-state index in [0.29, 0.717) is 49.9 Å². The fraction of sp³-hybridized carbons (Fsp3) is 0.316. The van der Waals surface area contributed by atoms with Crippen molar-refractivity contribution in [2.45, 2.75) is 6.92 Å². The van der Waals surface area contributed by atoms with Crippen molar-refractivity contribution < 1.29 is 9.18 Å². The quantitative estimate of drug-likeness (QED) is 0.833. The van der Waals surface area contributed by atoms with Crippen molar-refractivity contribution in [2.75, 3.05) is 42.5 Å². The fourth-order valence-electron chi connectivity index (χ4n) is 2.97. The van der Waals surface area contributed by atoms with Gasteiger partial charge in [0.1, 0.15) is 23.2 Å². The number of piperazine rings is 1. The third-order valence-corrected chi connectivity index (χ3v) is 4.26. The number of nitrogens with one attached hydrogen (secondary N) is 1. The molecule has 0 unspecified atom stereocenters. The van der Waals surface area contributed by atoms with Crippen molar-refractivity contribution in [3.63, 3.8) is 0 Å². The average molecular weight is 355 g/mol. The van der Waals surface area contributed by atoms with Crippen LogP contribution < -0.4 is 15.1 Å². The van der Waals surface area contributed by atoms with E-state index in [1.54, 1.807) is 31.2 Å². The minimum Gasteiger partial charge on any atom is -0.366 e. The molecule has 7 heteroatoms. The molecule has 0 radical (unpaired) electrons. The Kier molecular flexibility index (Phi) is 5.46. The molecular weight excluding hydrogens is 333 g/mol. The molecule has 0 atom stereocenters. The van der Waals surface area contributed by atoms with Crippen LogP contribution in [-0.4, -0.2) is 48.6 Å². The van der Waals surface area contributed by atoms with Gasteiger partial charge in [0.15, 0.2) is 0 Å². The minimum atomic E-state index is -0.248. The van der Waals surface area contributed by atoms with Gasteiger partial charge in [0.25, 0.3) is 5.91 Å². The van der Waals surface area contributed by atoms with Crippen LogP contribution in [0, 0.1) is 12.7 Å². The van der Waals surface area contributed by atoms with Gasteiger partial charge in [0.2, 0.25) is 0 Å². The number of para-hydroxylation sites is 1. The summed E-state index contributed by atoms with van der Waals surface area (Å²) in [7, 11) is 0. The Morgan fingerprint density at radius 1 is 1.23 bits per heavy atom. The van der Waals surface area contributed by atoms with Crippen molar-refractivity contribution in [3.05, 3.63) is 60.3 Å². The number of nitrogens with zero attached hydrogens (tertiary/aromatic N) is 4. The highest BCUT2D eigenvalue weighted by atomic mass is 19.1. The van der Waals surface area contributed by atoms with Gasteiger partial charge in [-0.05, 0) is 19.1 Å². The Hall–Kier alpha value is -2.96. The molecule has 1 fully saturated rings. The predicted molar refractivity (Wildman–Crippen MR) is 100 cm³/mol. The Labute approximate surface area is 152 Å². The number of amides is 1. The van der Waals surface area contributed by atoms with Gasteiger partial charge in [-0.3, -0.25) is 4.79 Å². The second-order valence-electron chi connectivity index (χ2n) is 6.08. The van der Waals surface area contributed by atoms with Crippen LogP contribution in [0.2, 0.25) is 0 Å². The molecule has 2 aromatic rings. The van der Waals surface area contributed by atoms with Gasteiger partial charge in [-0.25, -0.2) is 14.4 Å². The molecular formula is C19H22FN5O. The Morgan fingerprint density at radius 3 is 2.62 bits per heavy atom. The summed E-state index contributed by atoms with van der Waals surface area (Å²) in [6.45, 7) is 8.49. The smallest absolute Gasteiger partial charge is 0.270 e. The molecule has 1 N–H and O–H groups in total. The van der Waals surface area contributed by atoms with Crippen LogP contribution >= 0.6 is 0 Å². The lowest BCUT2D eigenvalue weighted by atomic mass is 10.2. The molecule has 136 valence electrons. The molecule has 6 nitrogen and oxygen atoms in total. The van der Waals surface area contributed by atoms with Crippen molar-refractivity contribution in [3.8, 4) is 0 Å². The molecule has 0 aliphatic carbocycles. The summed E-state index contributed by atoms with van der Waals surface area (Å²) in [6, 6.07) is 8.50. The first-order valence-corrected chi connectivity index (χ1v) is 8.57. The highest BCUT2D eigenvalue weighted by Crippen LogP contribution is 2.22. The first kappa shape index (κ1) is 17.8. The third kappa shape index (κ3) is 3.99. The number of rotatable bonds is 5. The van der Waals surface area contributed by atoms with E-state index < -0.39 is 0 Å². The second kappa shape index (κ2) is 7.95. The highest BCUT2D eigenvalue weighted by molar-refractivity contribution is 5.93. The maximum Gasteiger partial charge on any atom is 0.270 e. The number of benzene rings is 1. The van der Waals surface area contributed by atoms with E-state index in [4.69, 9.17) is 0 Å². The van der Waals surface area contributed by atoms with Crippen LogP contribution in [0.4, 0.5) is 15.9 Å². The van der Waals surface area contributed by atoms with Gasteiger partial charge in [-0.1, -0.05) is 18.2 Å². The molecule has 1 amide bonds. The van der Waals surface area contributed by atoms with E-state index >= 15 is 0 Å². The summed E-state index contributed by atoms with van der Waals surface area (Å²) in [5.74, 6) is 0.805. The zero-order valence-electron chi connectivity index (χ0n) is 14.8. The zero-order valence-corrected chi connectivity index (χ0v) is 14.8. The summed E-state index contributed by atoms with van der Waals surface area (Å²) >= 11 is 0. The molecule has 0 saturated carbocycles. The topological polar surface area (TPSA) is 61.4 Å². The van der Waals surface area contributed by atoms with Gasteiger partial charge in [0.05, 0.1) is 5.69 Å². The molecule has 1 aromatic heterocycles. The number of carbonyl (C=O) groups is 1. The highest BCUT2D eigenvalue weighted by Gasteiger charge is 2.21. The molecule has 2 heterocycles. The van der Waals surface area contributed by atoms with E-state index in [0.717, 1.165) is 5.82 Å². The SMILES string of the molecule is C=CCNC(=O)c1cc(N2CCN(c3ccccc3F)CC2)nc(C)n1. The van der Waals surface area contributed by atoms with Crippen LogP contribution in [0.25, 0.3) is 0 Å². The van der Waals surface area contributed by atoms with Crippen LogP contribution in [0.3, 0.4) is 0 Å². The van der Waals surface area contributed by atoms with Gasteiger partial charge < -0.3 is 15.1 Å². The summed E-state index contributed by atoms with van der Waals surface area (Å²) < 4.78 is 14.0. The first-order chi connectivity index (χ1) is 12.6. The number of carbonyl (C=O) groups excluding carboxylic acids is 1. The molecule has 1 saturated heterocycles. The largest absolute Gasteiger partial charge is 0.366 e. The lowest BCUT2D eigenvalue weighted by Gasteiger charge is -2.36. The van der Waals surface area contributed by atoms with E-state index in [-0.39, 0.29) is 11.7 Å². The van der Waals surface area contributed by atoms with Gasteiger partial charge in [-0.2, -0.15) is 0 Å². The summed E-state index contributed by atoms with van der Waals surface area (Å²) in [5, 5.41) is 2.73. The van der Waals surface area contributed by atoms with Crippen LogP contribution in [0.15, 0.2) is 43.0 Å². The van der Waals surface area contributed by atoms with E-state index in [9.17, 15) is 9.18 Å². The fourth-order valence-corrected chi connectivity index (χ4v) is 2.97. The standard InChI is InChI=1S/C19H22FN5O/c1-3-8-21-19(26)16-13-18(23-14(2)22-16)25-11-9-24(10-12-25)17-7-5-4-6-15(17)20/h3-7,13H,1,8-12H2,2H3,(H,21,26). The monoisotopic (exact) mass is 355 g/mol. The van der Waals surface area contributed by atoms with Gasteiger partial charge in [-0.15, -0.1) is 6.58 Å². The number of anilines is 2. The van der Waals surface area contributed by atoms with Crippen molar-refractivity contribution in [1.29, 1.82) is 0 Å². The summed E-state index contributed by atoms with van der Waals surface area (Å²) in [6.07, 6.45) is 1.62. The number of hydrogen-bond donors (Lipinski definition) is 1.